The van der Waals surface area contributed by atoms with Crippen molar-refractivity contribution in [3.8, 4) is 5.69 Å². The second-order valence-electron chi connectivity index (χ2n) is 7.03. The van der Waals surface area contributed by atoms with Gasteiger partial charge in [0.1, 0.15) is 5.57 Å². The number of amides is 2. The predicted molar refractivity (Wildman–Crippen MR) is 123 cm³/mol. The third-order valence-corrected chi connectivity index (χ3v) is 5.59. The van der Waals surface area contributed by atoms with Crippen LogP contribution in [-0.4, -0.2) is 21.5 Å². The van der Waals surface area contributed by atoms with E-state index in [1.807, 2.05) is 61.0 Å². The molecule has 1 aliphatic rings. The Morgan fingerprint density at radius 3 is 2.40 bits per heavy atom. The highest BCUT2D eigenvalue weighted by Gasteiger charge is 2.34. The molecule has 0 saturated carbocycles. The number of anilines is 1. The highest BCUT2D eigenvalue weighted by atomic mass is 35.5. The van der Waals surface area contributed by atoms with Crippen LogP contribution in [0.1, 0.15) is 16.8 Å². The maximum absolute atomic E-state index is 13.2. The number of carbonyl (C=O) groups excluding carboxylic acids is 2. The van der Waals surface area contributed by atoms with Crippen LogP contribution in [0.3, 0.4) is 0 Å². The van der Waals surface area contributed by atoms with Gasteiger partial charge in [0.15, 0.2) is 5.11 Å². The zero-order chi connectivity index (χ0) is 21.4. The van der Waals surface area contributed by atoms with E-state index in [1.165, 1.54) is 4.90 Å². The van der Waals surface area contributed by atoms with Crippen LogP contribution in [0, 0.1) is 13.8 Å². The highest BCUT2D eigenvalue weighted by Crippen LogP contribution is 2.27. The van der Waals surface area contributed by atoms with Gasteiger partial charge in [-0.2, -0.15) is 0 Å². The second-order valence-corrected chi connectivity index (χ2v) is 7.82. The topological polar surface area (TPSA) is 54.3 Å². The third kappa shape index (κ3) is 3.67. The van der Waals surface area contributed by atoms with Gasteiger partial charge in [-0.25, -0.2) is 0 Å². The molecule has 1 aliphatic heterocycles. The molecule has 1 N–H and O–H groups in total. The minimum atomic E-state index is -0.531. The summed E-state index contributed by atoms with van der Waals surface area (Å²) in [4.78, 5) is 27.1. The first-order valence-corrected chi connectivity index (χ1v) is 10.1. The van der Waals surface area contributed by atoms with Crippen LogP contribution in [0.5, 0.6) is 0 Å². The average molecular weight is 436 g/mol. The second kappa shape index (κ2) is 7.89. The first-order valence-electron chi connectivity index (χ1n) is 9.27. The lowest BCUT2D eigenvalue weighted by molar-refractivity contribution is -0.122. The lowest BCUT2D eigenvalue weighted by Crippen LogP contribution is -2.54. The third-order valence-electron chi connectivity index (χ3n) is 4.90. The molecule has 3 aromatic rings. The Kier molecular flexibility index (Phi) is 5.28. The van der Waals surface area contributed by atoms with Gasteiger partial charge in [0.25, 0.3) is 11.8 Å². The lowest BCUT2D eigenvalue weighted by atomic mass is 10.1. The molecule has 2 aromatic carbocycles. The molecular formula is C23H18ClN3O2S. The van der Waals surface area contributed by atoms with Gasteiger partial charge in [-0.3, -0.25) is 19.8 Å². The van der Waals surface area contributed by atoms with Gasteiger partial charge in [0.05, 0.1) is 5.69 Å². The molecule has 0 unspecified atom stereocenters. The lowest BCUT2D eigenvalue weighted by Gasteiger charge is -2.29. The van der Waals surface area contributed by atoms with Gasteiger partial charge in [-0.05, 0) is 74.1 Å². The van der Waals surface area contributed by atoms with Crippen molar-refractivity contribution in [2.24, 2.45) is 0 Å². The molecule has 0 radical (unpaired) electrons. The van der Waals surface area contributed by atoms with Gasteiger partial charge in [-0.1, -0.05) is 35.4 Å². The van der Waals surface area contributed by atoms with E-state index in [0.717, 1.165) is 16.8 Å². The number of nitrogens with one attached hydrogen (secondary N) is 1. The summed E-state index contributed by atoms with van der Waals surface area (Å²) in [6.07, 6.45) is 3.45. The molecule has 150 valence electrons. The molecule has 1 saturated heterocycles. The standard InChI is InChI=1S/C23H18ClN3O2S/c1-14-5-8-16(9-6-14)26-11-3-4-17(26)12-19-21(28)25-23(30)27(22(19)29)18-10-7-15(2)20(24)13-18/h3-13H,1-2H3,(H,25,28,30)/b19-12+. The number of carbonyl (C=O) groups is 2. The Labute approximate surface area is 184 Å². The van der Waals surface area contributed by atoms with E-state index >= 15 is 0 Å². The van der Waals surface area contributed by atoms with Crippen LogP contribution in [0.4, 0.5) is 5.69 Å². The van der Waals surface area contributed by atoms with E-state index in [1.54, 1.807) is 24.3 Å². The molecule has 2 amide bonds. The number of hydrogen-bond acceptors (Lipinski definition) is 3. The van der Waals surface area contributed by atoms with Crippen LogP contribution < -0.4 is 10.2 Å². The van der Waals surface area contributed by atoms with E-state index in [2.05, 4.69) is 5.32 Å². The molecule has 7 heteroatoms. The quantitative estimate of drug-likeness (QED) is 0.372. The summed E-state index contributed by atoms with van der Waals surface area (Å²) in [5, 5.41) is 3.14. The van der Waals surface area contributed by atoms with Crippen LogP contribution in [0.15, 0.2) is 66.4 Å². The van der Waals surface area contributed by atoms with Crippen molar-refractivity contribution >= 4 is 52.5 Å². The van der Waals surface area contributed by atoms with Crippen molar-refractivity contribution in [2.75, 3.05) is 4.90 Å². The minimum absolute atomic E-state index is 0.00707. The summed E-state index contributed by atoms with van der Waals surface area (Å²) in [5.74, 6) is -1.03. The number of benzene rings is 2. The van der Waals surface area contributed by atoms with Gasteiger partial charge >= 0.3 is 0 Å². The zero-order valence-electron chi connectivity index (χ0n) is 16.3. The summed E-state index contributed by atoms with van der Waals surface area (Å²) in [5.41, 5.74) is 4.15. The van der Waals surface area contributed by atoms with Crippen molar-refractivity contribution in [3.05, 3.63) is 88.2 Å². The molecule has 0 aliphatic carbocycles. The monoisotopic (exact) mass is 435 g/mol. The van der Waals surface area contributed by atoms with Crippen molar-refractivity contribution in [2.45, 2.75) is 13.8 Å². The average Bonchev–Trinajstić information content (AvgIpc) is 3.16. The molecule has 0 atom stereocenters. The largest absolute Gasteiger partial charge is 0.317 e. The minimum Gasteiger partial charge on any atom is -0.317 e. The number of rotatable bonds is 3. The van der Waals surface area contributed by atoms with Crippen LogP contribution in [0.25, 0.3) is 11.8 Å². The highest BCUT2D eigenvalue weighted by molar-refractivity contribution is 7.80. The first kappa shape index (κ1) is 20.1. The Morgan fingerprint density at radius 1 is 1.00 bits per heavy atom. The van der Waals surface area contributed by atoms with Crippen LogP contribution in [0.2, 0.25) is 5.02 Å². The van der Waals surface area contributed by atoms with E-state index in [4.69, 9.17) is 23.8 Å². The molecule has 4 rings (SSSR count). The molecule has 2 heterocycles. The van der Waals surface area contributed by atoms with Crippen molar-refractivity contribution < 1.29 is 9.59 Å². The van der Waals surface area contributed by atoms with Crippen molar-refractivity contribution in [3.63, 3.8) is 0 Å². The Balaban J connectivity index is 1.74. The summed E-state index contributed by atoms with van der Waals surface area (Å²) in [6, 6.07) is 16.9. The SMILES string of the molecule is Cc1ccc(-n2cccc2/C=C2\C(=O)NC(=S)N(c3ccc(C)c(Cl)c3)C2=O)cc1. The fraction of sp³-hybridized carbons (Fsp3) is 0.0870. The molecule has 5 nitrogen and oxygen atoms in total. The van der Waals surface area contributed by atoms with E-state index in [9.17, 15) is 9.59 Å². The number of aryl methyl sites for hydroxylation is 2. The van der Waals surface area contributed by atoms with Gasteiger partial charge < -0.3 is 4.57 Å². The summed E-state index contributed by atoms with van der Waals surface area (Å²) >= 11 is 11.5. The van der Waals surface area contributed by atoms with E-state index in [0.29, 0.717) is 16.4 Å². The molecule has 0 bridgehead atoms. The van der Waals surface area contributed by atoms with Crippen LogP contribution in [-0.2, 0) is 9.59 Å². The first-order chi connectivity index (χ1) is 14.3. The zero-order valence-corrected chi connectivity index (χ0v) is 17.9. The normalized spacial score (nSPS) is 15.6. The van der Waals surface area contributed by atoms with E-state index in [-0.39, 0.29) is 10.7 Å². The van der Waals surface area contributed by atoms with Gasteiger partial charge in [0.2, 0.25) is 0 Å². The molecule has 30 heavy (non-hydrogen) atoms. The maximum atomic E-state index is 13.2. The Hall–Kier alpha value is -3.22. The molecule has 0 spiro atoms. The number of halogens is 1. The number of hydrogen-bond donors (Lipinski definition) is 1. The Morgan fingerprint density at radius 2 is 1.70 bits per heavy atom. The summed E-state index contributed by atoms with van der Waals surface area (Å²) in [7, 11) is 0. The summed E-state index contributed by atoms with van der Waals surface area (Å²) < 4.78 is 1.91. The molecular weight excluding hydrogens is 418 g/mol. The fourth-order valence-electron chi connectivity index (χ4n) is 3.21. The summed E-state index contributed by atoms with van der Waals surface area (Å²) in [6.45, 7) is 3.89. The molecule has 1 fully saturated rings. The fourth-order valence-corrected chi connectivity index (χ4v) is 3.67. The van der Waals surface area contributed by atoms with Gasteiger partial charge in [-0.15, -0.1) is 0 Å². The Bertz CT molecular complexity index is 1210. The van der Waals surface area contributed by atoms with Crippen LogP contribution >= 0.6 is 23.8 Å². The molecule has 1 aromatic heterocycles. The maximum Gasteiger partial charge on any atom is 0.270 e. The van der Waals surface area contributed by atoms with E-state index < -0.39 is 11.8 Å². The smallest absolute Gasteiger partial charge is 0.270 e. The number of nitrogens with zero attached hydrogens (tertiary/aromatic N) is 2. The van der Waals surface area contributed by atoms with Crippen molar-refractivity contribution in [1.29, 1.82) is 0 Å². The van der Waals surface area contributed by atoms with Crippen molar-refractivity contribution in [1.82, 2.24) is 9.88 Å². The number of thiocarbonyl (C=S) groups is 1. The van der Waals surface area contributed by atoms with Gasteiger partial charge in [0, 0.05) is 22.6 Å². The number of aromatic nitrogens is 1. The predicted octanol–water partition coefficient (Wildman–Crippen LogP) is 4.58.